The zero-order valence-electron chi connectivity index (χ0n) is 10.3. The zero-order chi connectivity index (χ0) is 14.5. The van der Waals surface area contributed by atoms with Crippen molar-refractivity contribution in [1.82, 2.24) is 0 Å². The van der Waals surface area contributed by atoms with Gasteiger partial charge >= 0.3 is 12.1 Å². The van der Waals surface area contributed by atoms with Crippen LogP contribution in [0.15, 0.2) is 18.2 Å². The van der Waals surface area contributed by atoms with Gasteiger partial charge in [0.15, 0.2) is 0 Å². The number of carbonyl (C=O) groups is 1. The molecule has 0 saturated heterocycles. The fourth-order valence-corrected chi connectivity index (χ4v) is 1.44. The Bertz CT molecular complexity index is 446. The van der Waals surface area contributed by atoms with Crippen molar-refractivity contribution in [2.24, 2.45) is 0 Å². The number of halogens is 3. The topological polar surface area (TPSA) is 58.6 Å². The van der Waals surface area contributed by atoms with E-state index in [0.717, 1.165) is 0 Å². The highest BCUT2D eigenvalue weighted by atomic mass is 19.4. The van der Waals surface area contributed by atoms with E-state index in [1.165, 1.54) is 12.1 Å². The molecule has 7 heteroatoms. The number of anilines is 1. The van der Waals surface area contributed by atoms with Crippen LogP contribution in [0.5, 0.6) is 0 Å². The molecule has 1 aromatic carbocycles. The number of nitrogens with one attached hydrogen (secondary N) is 1. The average molecular weight is 277 g/mol. The molecule has 0 aromatic heterocycles. The summed E-state index contributed by atoms with van der Waals surface area (Å²) in [5, 5.41) is 11.7. The maximum absolute atomic E-state index is 11.8. The first-order valence-corrected chi connectivity index (χ1v) is 5.52. The number of carboxylic acids is 1. The van der Waals surface area contributed by atoms with Crippen LogP contribution in [0.25, 0.3) is 0 Å². The Morgan fingerprint density at radius 2 is 2.11 bits per heavy atom. The highest BCUT2D eigenvalue weighted by Crippen LogP contribution is 2.17. The van der Waals surface area contributed by atoms with Crippen LogP contribution in [0, 0.1) is 6.92 Å². The van der Waals surface area contributed by atoms with E-state index in [1.54, 1.807) is 13.0 Å². The molecule has 106 valence electrons. The van der Waals surface area contributed by atoms with Crippen LogP contribution in [-0.2, 0) is 4.74 Å². The second kappa shape index (κ2) is 6.42. The van der Waals surface area contributed by atoms with Crippen LogP contribution < -0.4 is 5.32 Å². The molecule has 0 spiro atoms. The largest absolute Gasteiger partial charge is 0.478 e. The lowest BCUT2D eigenvalue weighted by molar-refractivity contribution is -0.172. The summed E-state index contributed by atoms with van der Waals surface area (Å²) >= 11 is 0. The molecule has 0 saturated carbocycles. The number of aryl methyl sites for hydroxylation is 1. The van der Waals surface area contributed by atoms with E-state index in [4.69, 9.17) is 5.11 Å². The SMILES string of the molecule is Cc1cc(C(=O)O)ccc1NCCOCC(F)(F)F. The molecule has 1 aromatic rings. The summed E-state index contributed by atoms with van der Waals surface area (Å²) in [6, 6.07) is 4.48. The number of aromatic carboxylic acids is 1. The fourth-order valence-electron chi connectivity index (χ4n) is 1.44. The predicted octanol–water partition coefficient (Wildman–Crippen LogP) is 2.68. The second-order valence-electron chi connectivity index (χ2n) is 3.93. The Morgan fingerprint density at radius 1 is 1.42 bits per heavy atom. The lowest BCUT2D eigenvalue weighted by atomic mass is 10.1. The number of hydrogen-bond acceptors (Lipinski definition) is 3. The summed E-state index contributed by atoms with van der Waals surface area (Å²) in [5.74, 6) is -1.02. The van der Waals surface area contributed by atoms with E-state index < -0.39 is 18.8 Å². The third-order valence-corrected chi connectivity index (χ3v) is 2.30. The van der Waals surface area contributed by atoms with Gasteiger partial charge in [-0.25, -0.2) is 4.79 Å². The van der Waals surface area contributed by atoms with Crippen LogP contribution >= 0.6 is 0 Å². The molecular formula is C12H14F3NO3. The number of benzene rings is 1. The van der Waals surface area contributed by atoms with Gasteiger partial charge in [-0.15, -0.1) is 0 Å². The number of rotatable bonds is 6. The monoisotopic (exact) mass is 277 g/mol. The van der Waals surface area contributed by atoms with Crippen molar-refractivity contribution in [2.75, 3.05) is 25.1 Å². The Kier molecular flexibility index (Phi) is 5.17. The summed E-state index contributed by atoms with van der Waals surface area (Å²) in [5.41, 5.74) is 1.53. The van der Waals surface area contributed by atoms with Crippen molar-refractivity contribution < 1.29 is 27.8 Å². The second-order valence-corrected chi connectivity index (χ2v) is 3.93. The maximum Gasteiger partial charge on any atom is 0.411 e. The predicted molar refractivity (Wildman–Crippen MR) is 63.5 cm³/mol. The molecular weight excluding hydrogens is 263 g/mol. The van der Waals surface area contributed by atoms with E-state index in [2.05, 4.69) is 10.1 Å². The molecule has 0 aliphatic heterocycles. The molecule has 0 fully saturated rings. The number of ether oxygens (including phenoxy) is 1. The van der Waals surface area contributed by atoms with E-state index in [1.807, 2.05) is 0 Å². The van der Waals surface area contributed by atoms with Crippen molar-refractivity contribution in [3.05, 3.63) is 29.3 Å². The van der Waals surface area contributed by atoms with Crippen LogP contribution in [-0.4, -0.2) is 37.0 Å². The van der Waals surface area contributed by atoms with Gasteiger partial charge in [-0.05, 0) is 30.7 Å². The van der Waals surface area contributed by atoms with Crippen LogP contribution in [0.3, 0.4) is 0 Å². The minimum absolute atomic E-state index is 0.0837. The lowest BCUT2D eigenvalue weighted by Crippen LogP contribution is -2.20. The molecule has 4 nitrogen and oxygen atoms in total. The first-order chi connectivity index (χ1) is 8.79. The molecule has 19 heavy (non-hydrogen) atoms. The van der Waals surface area contributed by atoms with Crippen molar-refractivity contribution in [1.29, 1.82) is 0 Å². The van der Waals surface area contributed by atoms with Gasteiger partial charge in [0.1, 0.15) is 6.61 Å². The quantitative estimate of drug-likeness (QED) is 0.785. The zero-order valence-corrected chi connectivity index (χ0v) is 10.3. The van der Waals surface area contributed by atoms with E-state index in [0.29, 0.717) is 11.3 Å². The average Bonchev–Trinajstić information content (AvgIpc) is 2.28. The lowest BCUT2D eigenvalue weighted by Gasteiger charge is -2.11. The summed E-state index contributed by atoms with van der Waals surface area (Å²) in [6.45, 7) is 0.569. The van der Waals surface area contributed by atoms with E-state index in [-0.39, 0.29) is 18.7 Å². The Hall–Kier alpha value is -1.76. The van der Waals surface area contributed by atoms with Gasteiger partial charge in [0.25, 0.3) is 0 Å². The van der Waals surface area contributed by atoms with Crippen molar-refractivity contribution in [3.8, 4) is 0 Å². The molecule has 0 unspecified atom stereocenters. The smallest absolute Gasteiger partial charge is 0.411 e. The van der Waals surface area contributed by atoms with Gasteiger partial charge in [0.05, 0.1) is 12.2 Å². The molecule has 2 N–H and O–H groups in total. The number of alkyl halides is 3. The van der Waals surface area contributed by atoms with Crippen molar-refractivity contribution in [3.63, 3.8) is 0 Å². The van der Waals surface area contributed by atoms with Crippen molar-refractivity contribution in [2.45, 2.75) is 13.1 Å². The van der Waals surface area contributed by atoms with Gasteiger partial charge in [0, 0.05) is 12.2 Å². The first-order valence-electron chi connectivity index (χ1n) is 5.52. The third kappa shape index (κ3) is 5.60. The van der Waals surface area contributed by atoms with Crippen molar-refractivity contribution >= 4 is 11.7 Å². The summed E-state index contributed by atoms with van der Waals surface area (Å²) < 4.78 is 39.8. The van der Waals surface area contributed by atoms with E-state index in [9.17, 15) is 18.0 Å². The molecule has 0 bridgehead atoms. The Balaban J connectivity index is 2.40. The summed E-state index contributed by atoms with van der Waals surface area (Å²) in [7, 11) is 0. The van der Waals surface area contributed by atoms with Gasteiger partial charge in [-0.1, -0.05) is 0 Å². The fraction of sp³-hybridized carbons (Fsp3) is 0.417. The standard InChI is InChI=1S/C12H14F3NO3/c1-8-6-9(11(17)18)2-3-10(8)16-4-5-19-7-12(13,14)15/h2-3,6,16H,4-5,7H2,1H3,(H,17,18). The number of hydrogen-bond donors (Lipinski definition) is 2. The van der Waals surface area contributed by atoms with Gasteiger partial charge in [-0.2, -0.15) is 13.2 Å². The van der Waals surface area contributed by atoms with Crippen LogP contribution in [0.1, 0.15) is 15.9 Å². The normalized spacial score (nSPS) is 11.4. The third-order valence-electron chi connectivity index (χ3n) is 2.30. The molecule has 0 atom stereocenters. The van der Waals surface area contributed by atoms with Gasteiger partial charge in [-0.3, -0.25) is 0 Å². The van der Waals surface area contributed by atoms with Gasteiger partial charge in [0.2, 0.25) is 0 Å². The van der Waals surface area contributed by atoms with Crippen LogP contribution in [0.2, 0.25) is 0 Å². The first kappa shape index (κ1) is 15.3. The minimum Gasteiger partial charge on any atom is -0.478 e. The highest BCUT2D eigenvalue weighted by molar-refractivity contribution is 5.88. The van der Waals surface area contributed by atoms with Crippen LogP contribution in [0.4, 0.5) is 18.9 Å². The number of carboxylic acid groups (broad SMARTS) is 1. The molecule has 1 rings (SSSR count). The van der Waals surface area contributed by atoms with Gasteiger partial charge < -0.3 is 15.2 Å². The molecule has 0 aliphatic rings. The molecule has 0 aliphatic carbocycles. The molecule has 0 heterocycles. The highest BCUT2D eigenvalue weighted by Gasteiger charge is 2.27. The molecule has 0 amide bonds. The maximum atomic E-state index is 11.8. The summed E-state index contributed by atoms with van der Waals surface area (Å²) in [4.78, 5) is 10.7. The Morgan fingerprint density at radius 3 is 2.63 bits per heavy atom. The Labute approximate surface area is 108 Å². The minimum atomic E-state index is -4.32. The summed E-state index contributed by atoms with van der Waals surface area (Å²) in [6.07, 6.45) is -4.32. The molecule has 0 radical (unpaired) electrons. The van der Waals surface area contributed by atoms with E-state index >= 15 is 0 Å².